The molecular weight excluding hydrogens is 281 g/mol. The van der Waals surface area contributed by atoms with E-state index in [0.29, 0.717) is 37.1 Å². The minimum Gasteiger partial charge on any atom is -0.378 e. The molecular formula is C15H27F3N2O. The highest BCUT2D eigenvalue weighted by Gasteiger charge is 2.34. The zero-order valence-corrected chi connectivity index (χ0v) is 13.0. The van der Waals surface area contributed by atoms with Gasteiger partial charge in [0.15, 0.2) is 0 Å². The molecule has 0 aromatic carbocycles. The molecule has 2 atom stereocenters. The number of hydrogen-bond donors (Lipinski definition) is 1. The van der Waals surface area contributed by atoms with Crippen molar-refractivity contribution < 1.29 is 17.9 Å². The molecule has 0 aromatic rings. The third kappa shape index (κ3) is 5.42. The molecule has 2 saturated heterocycles. The molecule has 0 aromatic heterocycles. The van der Waals surface area contributed by atoms with Crippen LogP contribution < -0.4 is 5.32 Å². The highest BCUT2D eigenvalue weighted by molar-refractivity contribution is 4.84. The fraction of sp³-hybridized carbons (Fsp3) is 1.00. The van der Waals surface area contributed by atoms with Crippen LogP contribution >= 0.6 is 0 Å². The summed E-state index contributed by atoms with van der Waals surface area (Å²) in [5.74, 6) is 1.06. The molecule has 2 rings (SSSR count). The van der Waals surface area contributed by atoms with Gasteiger partial charge in [0.1, 0.15) is 0 Å². The van der Waals surface area contributed by atoms with Crippen LogP contribution in [0.25, 0.3) is 0 Å². The Bertz CT molecular complexity index is 315. The van der Waals surface area contributed by atoms with E-state index >= 15 is 0 Å². The molecule has 1 N–H and O–H groups in total. The van der Waals surface area contributed by atoms with E-state index in [1.807, 2.05) is 0 Å². The van der Waals surface area contributed by atoms with Gasteiger partial charge in [0.25, 0.3) is 0 Å². The first-order valence-electron chi connectivity index (χ1n) is 7.99. The Balaban J connectivity index is 1.67. The zero-order valence-electron chi connectivity index (χ0n) is 13.0. The molecule has 0 spiro atoms. The zero-order chi connectivity index (χ0) is 15.5. The first-order valence-corrected chi connectivity index (χ1v) is 7.99. The van der Waals surface area contributed by atoms with E-state index in [9.17, 15) is 13.2 Å². The number of hydrogen-bond acceptors (Lipinski definition) is 3. The van der Waals surface area contributed by atoms with Crippen LogP contribution in [-0.4, -0.2) is 56.0 Å². The van der Waals surface area contributed by atoms with Crippen LogP contribution in [0.4, 0.5) is 13.2 Å². The van der Waals surface area contributed by atoms with Gasteiger partial charge in [0.2, 0.25) is 0 Å². The number of ether oxygens (including phenoxy) is 1. The molecule has 3 nitrogen and oxygen atoms in total. The summed E-state index contributed by atoms with van der Waals surface area (Å²) in [6.07, 6.45) is -1.07. The van der Waals surface area contributed by atoms with Crippen LogP contribution in [0.1, 0.15) is 33.1 Å². The van der Waals surface area contributed by atoms with Gasteiger partial charge in [0.05, 0.1) is 12.6 Å². The van der Waals surface area contributed by atoms with Gasteiger partial charge in [-0.3, -0.25) is 4.90 Å². The van der Waals surface area contributed by atoms with Gasteiger partial charge in [-0.15, -0.1) is 0 Å². The third-order valence-electron chi connectivity index (χ3n) is 4.58. The number of alkyl halides is 3. The number of rotatable bonds is 5. The van der Waals surface area contributed by atoms with Crippen molar-refractivity contribution in [2.75, 3.05) is 32.8 Å². The predicted octanol–water partition coefficient (Wildman–Crippen LogP) is 2.66. The average molecular weight is 308 g/mol. The van der Waals surface area contributed by atoms with E-state index < -0.39 is 12.7 Å². The van der Waals surface area contributed by atoms with E-state index in [1.54, 1.807) is 0 Å². The van der Waals surface area contributed by atoms with Crippen LogP contribution in [0.2, 0.25) is 0 Å². The molecule has 124 valence electrons. The minimum absolute atomic E-state index is 0.322. The first-order chi connectivity index (χ1) is 9.85. The molecule has 21 heavy (non-hydrogen) atoms. The maximum atomic E-state index is 12.3. The Morgan fingerprint density at radius 3 is 2.43 bits per heavy atom. The normalized spacial score (nSPS) is 29.4. The van der Waals surface area contributed by atoms with Crippen LogP contribution in [0, 0.1) is 11.8 Å². The Kier molecular flexibility index (Phi) is 5.91. The Labute approximate surface area is 125 Å². The fourth-order valence-corrected chi connectivity index (χ4v) is 3.48. The molecule has 0 radical (unpaired) electrons. The fourth-order valence-electron chi connectivity index (χ4n) is 3.48. The smallest absolute Gasteiger partial charge is 0.378 e. The highest BCUT2D eigenvalue weighted by atomic mass is 19.4. The summed E-state index contributed by atoms with van der Waals surface area (Å²) >= 11 is 0. The van der Waals surface area contributed by atoms with Crippen molar-refractivity contribution in [2.45, 2.75) is 51.4 Å². The number of piperidine rings is 1. The molecule has 0 saturated carbocycles. The quantitative estimate of drug-likeness (QED) is 0.845. The van der Waals surface area contributed by atoms with Crippen LogP contribution in [-0.2, 0) is 4.74 Å². The summed E-state index contributed by atoms with van der Waals surface area (Å²) < 4.78 is 42.8. The molecule has 0 bridgehead atoms. The van der Waals surface area contributed by atoms with Crippen LogP contribution in [0.3, 0.4) is 0 Å². The highest BCUT2D eigenvalue weighted by Crippen LogP contribution is 2.26. The van der Waals surface area contributed by atoms with Gasteiger partial charge in [-0.2, -0.15) is 13.2 Å². The molecule has 0 aliphatic carbocycles. The Hall–Kier alpha value is -0.330. The molecule has 0 amide bonds. The molecule has 2 fully saturated rings. The molecule has 0 unspecified atom stereocenters. The lowest BCUT2D eigenvalue weighted by molar-refractivity contribution is -0.148. The maximum absolute atomic E-state index is 12.3. The van der Waals surface area contributed by atoms with Gasteiger partial charge < -0.3 is 10.1 Å². The number of likely N-dealkylation sites (tertiary alicyclic amines) is 1. The monoisotopic (exact) mass is 308 g/mol. The standard InChI is InChI=1S/C15H27F3N2O/c1-11(2)14-12(5-8-21-14)9-19-13-3-6-20(7-4-13)10-15(16,17)18/h11-14,19H,3-10H2,1-2H3/t12-,14-/m1/s1. The molecule has 6 heteroatoms. The topological polar surface area (TPSA) is 24.5 Å². The summed E-state index contributed by atoms with van der Waals surface area (Å²) in [4.78, 5) is 1.51. The minimum atomic E-state index is -4.08. The summed E-state index contributed by atoms with van der Waals surface area (Å²) in [6.45, 7) is 6.41. The molecule has 2 aliphatic rings. The second kappa shape index (κ2) is 7.29. The van der Waals surface area contributed by atoms with Gasteiger partial charge >= 0.3 is 6.18 Å². The number of halogens is 3. The van der Waals surface area contributed by atoms with Crippen molar-refractivity contribution >= 4 is 0 Å². The predicted molar refractivity (Wildman–Crippen MR) is 76.2 cm³/mol. The molecule has 2 heterocycles. The lowest BCUT2D eigenvalue weighted by atomic mass is 9.92. The summed E-state index contributed by atoms with van der Waals surface area (Å²) in [5, 5.41) is 3.54. The summed E-state index contributed by atoms with van der Waals surface area (Å²) in [7, 11) is 0. The van der Waals surface area contributed by atoms with Gasteiger partial charge in [-0.05, 0) is 44.2 Å². The average Bonchev–Trinajstić information content (AvgIpc) is 2.84. The van der Waals surface area contributed by atoms with Crippen molar-refractivity contribution in [1.82, 2.24) is 10.2 Å². The maximum Gasteiger partial charge on any atom is 0.401 e. The van der Waals surface area contributed by atoms with Crippen molar-refractivity contribution in [3.8, 4) is 0 Å². The van der Waals surface area contributed by atoms with Gasteiger partial charge in [0, 0.05) is 19.2 Å². The van der Waals surface area contributed by atoms with Crippen molar-refractivity contribution in [3.63, 3.8) is 0 Å². The lowest BCUT2D eigenvalue weighted by Gasteiger charge is -2.33. The second-order valence-electron chi connectivity index (χ2n) is 6.70. The SMILES string of the molecule is CC(C)[C@H]1OCC[C@@H]1CNC1CCN(CC(F)(F)F)CC1. The third-order valence-corrected chi connectivity index (χ3v) is 4.58. The first kappa shape index (κ1) is 17.0. The van der Waals surface area contributed by atoms with Crippen LogP contribution in [0.15, 0.2) is 0 Å². The van der Waals surface area contributed by atoms with E-state index in [-0.39, 0.29) is 0 Å². The molecule has 2 aliphatic heterocycles. The number of nitrogens with zero attached hydrogens (tertiary/aromatic N) is 1. The van der Waals surface area contributed by atoms with Gasteiger partial charge in [-0.1, -0.05) is 13.8 Å². The Morgan fingerprint density at radius 1 is 1.19 bits per heavy atom. The largest absolute Gasteiger partial charge is 0.401 e. The summed E-state index contributed by atoms with van der Waals surface area (Å²) in [6, 6.07) is 0.350. The number of nitrogens with one attached hydrogen (secondary N) is 1. The van der Waals surface area contributed by atoms with Crippen LogP contribution in [0.5, 0.6) is 0 Å². The van der Waals surface area contributed by atoms with Crippen molar-refractivity contribution in [1.29, 1.82) is 0 Å². The van der Waals surface area contributed by atoms with E-state index in [4.69, 9.17) is 4.74 Å². The lowest BCUT2D eigenvalue weighted by Crippen LogP contribution is -2.47. The van der Waals surface area contributed by atoms with Crippen molar-refractivity contribution in [2.24, 2.45) is 11.8 Å². The van der Waals surface area contributed by atoms with E-state index in [1.165, 1.54) is 4.90 Å². The summed E-state index contributed by atoms with van der Waals surface area (Å²) in [5.41, 5.74) is 0. The van der Waals surface area contributed by atoms with Gasteiger partial charge in [-0.25, -0.2) is 0 Å². The van der Waals surface area contributed by atoms with E-state index in [0.717, 1.165) is 32.4 Å². The van der Waals surface area contributed by atoms with E-state index in [2.05, 4.69) is 19.2 Å². The van der Waals surface area contributed by atoms with Crippen molar-refractivity contribution in [3.05, 3.63) is 0 Å². The Morgan fingerprint density at radius 2 is 1.86 bits per heavy atom. The second-order valence-corrected chi connectivity index (χ2v) is 6.70.